The number of halogens is 7. The van der Waals surface area contributed by atoms with Gasteiger partial charge >= 0.3 is 17.4 Å². The Balaban J connectivity index is 3.44. The van der Waals surface area contributed by atoms with Gasteiger partial charge in [-0.2, -0.15) is 30.7 Å². The fourth-order valence-electron chi connectivity index (χ4n) is 1.08. The molecule has 0 N–H and O–H groups in total. The predicted octanol–water partition coefficient (Wildman–Crippen LogP) is 3.25. The fourth-order valence-corrected chi connectivity index (χ4v) is 2.35. The van der Waals surface area contributed by atoms with Crippen molar-refractivity contribution in [1.82, 2.24) is 0 Å². The van der Waals surface area contributed by atoms with E-state index in [1.54, 1.807) is 0 Å². The highest BCUT2D eigenvalue weighted by Gasteiger charge is 2.78. The third-order valence-electron chi connectivity index (χ3n) is 2.11. The highest BCUT2D eigenvalue weighted by Crippen LogP contribution is 2.50. The second-order valence-electron chi connectivity index (χ2n) is 3.41. The topological polar surface area (TPSA) is 34.1 Å². The van der Waals surface area contributed by atoms with E-state index < -0.39 is 32.1 Å². The zero-order chi connectivity index (χ0) is 15.1. The summed E-state index contributed by atoms with van der Waals surface area (Å²) < 4.78 is 110. The summed E-state index contributed by atoms with van der Waals surface area (Å²) in [7, 11) is -6.18. The Morgan fingerprint density at radius 2 is 1.21 bits per heavy atom. The first-order chi connectivity index (χ1) is 8.36. The summed E-state index contributed by atoms with van der Waals surface area (Å²) in [6.45, 7) is 0. The Bertz CT molecular complexity index is 548. The van der Waals surface area contributed by atoms with Crippen LogP contribution in [0, 0.1) is 0 Å². The monoisotopic (exact) mass is 310 g/mol. The van der Waals surface area contributed by atoms with Crippen molar-refractivity contribution in [3.05, 3.63) is 30.3 Å². The molecular formula is C9H5F7O2S. The molecule has 10 heteroatoms. The number of benzene rings is 1. The van der Waals surface area contributed by atoms with Crippen molar-refractivity contribution in [3.8, 4) is 0 Å². The van der Waals surface area contributed by atoms with Gasteiger partial charge in [-0.1, -0.05) is 18.2 Å². The first kappa shape index (κ1) is 15.7. The van der Waals surface area contributed by atoms with Crippen LogP contribution in [0.25, 0.3) is 0 Å². The van der Waals surface area contributed by atoms with Crippen LogP contribution in [-0.2, 0) is 9.84 Å². The van der Waals surface area contributed by atoms with Gasteiger partial charge in [-0.15, -0.1) is 0 Å². The van der Waals surface area contributed by atoms with Crippen molar-refractivity contribution >= 4 is 9.84 Å². The maximum absolute atomic E-state index is 13.1. The van der Waals surface area contributed by atoms with Gasteiger partial charge in [0.25, 0.3) is 0 Å². The Labute approximate surface area is 102 Å². The SMILES string of the molecule is O=S(=O)(c1ccccc1)C(F)(F)C(F)(F)C(F)(F)F. The molecule has 1 rings (SSSR count). The second kappa shape index (κ2) is 4.36. The Morgan fingerprint density at radius 3 is 1.58 bits per heavy atom. The van der Waals surface area contributed by atoms with Crippen LogP contribution >= 0.6 is 0 Å². The normalized spacial score (nSPS) is 14.5. The van der Waals surface area contributed by atoms with Crippen LogP contribution in [0.3, 0.4) is 0 Å². The lowest BCUT2D eigenvalue weighted by Crippen LogP contribution is -2.55. The van der Waals surface area contributed by atoms with Crippen LogP contribution in [0.15, 0.2) is 35.2 Å². The molecule has 108 valence electrons. The van der Waals surface area contributed by atoms with Crippen LogP contribution in [0.1, 0.15) is 0 Å². The molecular weight excluding hydrogens is 305 g/mol. The Morgan fingerprint density at radius 1 is 0.789 bits per heavy atom. The van der Waals surface area contributed by atoms with Gasteiger partial charge < -0.3 is 0 Å². The van der Waals surface area contributed by atoms with Crippen LogP contribution in [0.4, 0.5) is 30.7 Å². The quantitative estimate of drug-likeness (QED) is 0.803. The van der Waals surface area contributed by atoms with Gasteiger partial charge in [-0.3, -0.25) is 0 Å². The van der Waals surface area contributed by atoms with Crippen LogP contribution in [0.5, 0.6) is 0 Å². The molecule has 0 aliphatic heterocycles. The van der Waals surface area contributed by atoms with E-state index in [1.807, 2.05) is 0 Å². The van der Waals surface area contributed by atoms with Crippen molar-refractivity contribution in [2.24, 2.45) is 0 Å². The van der Waals surface area contributed by atoms with Crippen molar-refractivity contribution in [2.75, 3.05) is 0 Å². The number of rotatable bonds is 3. The molecule has 0 bridgehead atoms. The maximum Gasteiger partial charge on any atom is 0.461 e. The predicted molar refractivity (Wildman–Crippen MR) is 49.6 cm³/mol. The molecule has 1 aromatic rings. The molecule has 0 unspecified atom stereocenters. The average molecular weight is 310 g/mol. The van der Waals surface area contributed by atoms with E-state index in [-0.39, 0.29) is 0 Å². The van der Waals surface area contributed by atoms with E-state index >= 15 is 0 Å². The Hall–Kier alpha value is -1.32. The van der Waals surface area contributed by atoms with Gasteiger partial charge in [-0.05, 0) is 12.1 Å². The minimum atomic E-state index is -6.70. The minimum absolute atomic E-state index is 0.496. The first-order valence-electron chi connectivity index (χ1n) is 4.48. The van der Waals surface area contributed by atoms with Crippen LogP contribution in [0.2, 0.25) is 0 Å². The standard InChI is InChI=1S/C9H5F7O2S/c10-7(11,8(12,13)14)9(15,16)19(17,18)6-4-2-1-3-5-6/h1-5H. The van der Waals surface area contributed by atoms with Gasteiger partial charge in [0.1, 0.15) is 0 Å². The zero-order valence-electron chi connectivity index (χ0n) is 8.76. The van der Waals surface area contributed by atoms with Crippen molar-refractivity contribution in [1.29, 1.82) is 0 Å². The lowest BCUT2D eigenvalue weighted by atomic mass is 10.3. The van der Waals surface area contributed by atoms with E-state index in [9.17, 15) is 39.2 Å². The van der Waals surface area contributed by atoms with E-state index in [0.29, 0.717) is 12.1 Å². The first-order valence-corrected chi connectivity index (χ1v) is 5.96. The second-order valence-corrected chi connectivity index (χ2v) is 5.40. The van der Waals surface area contributed by atoms with Crippen LogP contribution < -0.4 is 0 Å². The third kappa shape index (κ3) is 2.28. The summed E-state index contributed by atoms with van der Waals surface area (Å²) in [4.78, 5) is -1.33. The molecule has 0 amide bonds. The van der Waals surface area contributed by atoms with E-state index in [1.165, 1.54) is 6.07 Å². The van der Waals surface area contributed by atoms with Gasteiger partial charge in [0.15, 0.2) is 0 Å². The summed E-state index contributed by atoms with van der Waals surface area (Å²) >= 11 is 0. The van der Waals surface area contributed by atoms with Gasteiger partial charge in [0.2, 0.25) is 9.84 Å². The van der Waals surface area contributed by atoms with Crippen LogP contribution in [-0.4, -0.2) is 25.8 Å². The summed E-state index contributed by atoms with van der Waals surface area (Å²) in [5.74, 6) is -6.70. The fraction of sp³-hybridized carbons (Fsp3) is 0.333. The molecule has 0 saturated carbocycles. The highest BCUT2D eigenvalue weighted by molar-refractivity contribution is 7.92. The zero-order valence-corrected chi connectivity index (χ0v) is 9.57. The lowest BCUT2D eigenvalue weighted by Gasteiger charge is -2.27. The molecule has 0 spiro atoms. The van der Waals surface area contributed by atoms with Crippen molar-refractivity contribution < 1.29 is 39.2 Å². The molecule has 0 heterocycles. The number of alkyl halides is 7. The molecule has 0 saturated heterocycles. The summed E-state index contributed by atoms with van der Waals surface area (Å²) in [6.07, 6.45) is -6.70. The largest absolute Gasteiger partial charge is 0.461 e. The molecule has 0 radical (unpaired) electrons. The third-order valence-corrected chi connectivity index (χ3v) is 3.94. The molecule has 19 heavy (non-hydrogen) atoms. The average Bonchev–Trinajstić information content (AvgIpc) is 2.28. The smallest absolute Gasteiger partial charge is 0.217 e. The van der Waals surface area contributed by atoms with Crippen molar-refractivity contribution in [2.45, 2.75) is 22.2 Å². The minimum Gasteiger partial charge on any atom is -0.217 e. The molecule has 2 nitrogen and oxygen atoms in total. The van der Waals surface area contributed by atoms with Crippen molar-refractivity contribution in [3.63, 3.8) is 0 Å². The van der Waals surface area contributed by atoms with Gasteiger partial charge in [-0.25, -0.2) is 8.42 Å². The van der Waals surface area contributed by atoms with Gasteiger partial charge in [0.05, 0.1) is 4.90 Å². The molecule has 0 aliphatic rings. The molecule has 0 atom stereocenters. The van der Waals surface area contributed by atoms with E-state index in [4.69, 9.17) is 0 Å². The molecule has 1 aromatic carbocycles. The number of sulfone groups is 1. The number of hydrogen-bond donors (Lipinski definition) is 0. The molecule has 0 aliphatic carbocycles. The molecule has 0 aromatic heterocycles. The summed E-state index contributed by atoms with van der Waals surface area (Å²) in [5, 5.41) is -6.31. The van der Waals surface area contributed by atoms with E-state index in [2.05, 4.69) is 0 Å². The lowest BCUT2D eigenvalue weighted by molar-refractivity contribution is -0.332. The maximum atomic E-state index is 13.1. The Kier molecular flexibility index (Phi) is 3.61. The van der Waals surface area contributed by atoms with E-state index in [0.717, 1.165) is 12.1 Å². The summed E-state index contributed by atoms with van der Waals surface area (Å²) in [5.41, 5.74) is 0. The number of hydrogen-bond acceptors (Lipinski definition) is 2. The highest BCUT2D eigenvalue weighted by atomic mass is 32.2. The van der Waals surface area contributed by atoms with Gasteiger partial charge in [0, 0.05) is 0 Å². The summed E-state index contributed by atoms with van der Waals surface area (Å²) in [6, 6.07) is 3.99. The molecule has 0 fully saturated rings.